The van der Waals surface area contributed by atoms with Crippen LogP contribution < -0.4 is 5.73 Å². The fourth-order valence-electron chi connectivity index (χ4n) is 2.62. The molecule has 1 aliphatic rings. The van der Waals surface area contributed by atoms with Gasteiger partial charge < -0.3 is 15.5 Å². The third-order valence-electron chi connectivity index (χ3n) is 3.64. The van der Waals surface area contributed by atoms with Crippen LogP contribution in [-0.2, 0) is 9.53 Å². The van der Waals surface area contributed by atoms with Crippen LogP contribution >= 0.6 is 0 Å². The molecule has 21 heavy (non-hydrogen) atoms. The summed E-state index contributed by atoms with van der Waals surface area (Å²) in [5.74, 6) is -0.610. The maximum atomic E-state index is 11.9. The Balaban J connectivity index is 2.25. The Bertz CT molecular complexity index is 837. The molecule has 1 aromatic carbocycles. The number of H-pyrrole nitrogens is 1. The normalized spacial score (nSPS) is 18.1. The zero-order chi connectivity index (χ0) is 15.0. The van der Waals surface area contributed by atoms with Gasteiger partial charge in [0.25, 0.3) is 0 Å². The van der Waals surface area contributed by atoms with Crippen LogP contribution in [0.5, 0.6) is 0 Å². The highest BCUT2D eigenvalue weighted by atomic mass is 16.5. The number of carbonyl (C=O) groups excluding carboxylic acids is 1. The summed E-state index contributed by atoms with van der Waals surface area (Å²) in [6.45, 7) is 1.45. The number of benzene rings is 1. The molecule has 0 saturated heterocycles. The van der Waals surface area contributed by atoms with Crippen molar-refractivity contribution in [2.24, 2.45) is 5.73 Å². The highest BCUT2D eigenvalue weighted by molar-refractivity contribution is 5.97. The van der Waals surface area contributed by atoms with Gasteiger partial charge in [0.15, 0.2) is 5.78 Å². The molecule has 1 unspecified atom stereocenters. The highest BCUT2D eigenvalue weighted by Crippen LogP contribution is 2.39. The highest BCUT2D eigenvalue weighted by Gasteiger charge is 2.32. The summed E-state index contributed by atoms with van der Waals surface area (Å²) >= 11 is 0. The van der Waals surface area contributed by atoms with Crippen molar-refractivity contribution in [1.82, 2.24) is 4.98 Å². The quantitative estimate of drug-likeness (QED) is 0.883. The number of hydrogen-bond donors (Lipinski definition) is 2. The van der Waals surface area contributed by atoms with Gasteiger partial charge in [-0.25, -0.2) is 0 Å². The van der Waals surface area contributed by atoms with Gasteiger partial charge in [0.05, 0.1) is 5.92 Å². The van der Waals surface area contributed by atoms with E-state index < -0.39 is 5.92 Å². The van der Waals surface area contributed by atoms with Gasteiger partial charge in [-0.1, -0.05) is 18.2 Å². The Labute approximate surface area is 121 Å². The average Bonchev–Trinajstić information content (AvgIpc) is 2.90. The second-order valence-corrected chi connectivity index (χ2v) is 4.86. The molecule has 1 atom stereocenters. The number of carbonyl (C=O) groups is 1. The van der Waals surface area contributed by atoms with Crippen molar-refractivity contribution in [1.29, 1.82) is 5.26 Å². The Kier molecular flexibility index (Phi) is 2.99. The maximum Gasteiger partial charge on any atom is 0.204 e. The van der Waals surface area contributed by atoms with E-state index in [1.807, 2.05) is 30.5 Å². The fraction of sp³-hybridized carbons (Fsp3) is 0.125. The minimum Gasteiger partial charge on any atom is -0.448 e. The van der Waals surface area contributed by atoms with Crippen LogP contribution in [0.1, 0.15) is 18.4 Å². The van der Waals surface area contributed by atoms with Crippen molar-refractivity contribution in [2.45, 2.75) is 12.8 Å². The van der Waals surface area contributed by atoms with E-state index in [-0.39, 0.29) is 17.2 Å². The third kappa shape index (κ3) is 1.98. The predicted octanol–water partition coefficient (Wildman–Crippen LogP) is 2.45. The molecular weight excluding hydrogens is 266 g/mol. The van der Waals surface area contributed by atoms with Gasteiger partial charge in [0.1, 0.15) is 17.9 Å². The van der Waals surface area contributed by atoms with Crippen LogP contribution in [0.3, 0.4) is 0 Å². The van der Waals surface area contributed by atoms with E-state index in [4.69, 9.17) is 10.5 Å². The van der Waals surface area contributed by atoms with Gasteiger partial charge in [0, 0.05) is 22.7 Å². The summed E-state index contributed by atoms with van der Waals surface area (Å²) in [6.07, 6.45) is 3.15. The number of ether oxygens (including phenoxy) is 1. The lowest BCUT2D eigenvalue weighted by Crippen LogP contribution is -2.20. The second-order valence-electron chi connectivity index (χ2n) is 4.86. The Morgan fingerprint density at radius 1 is 1.43 bits per heavy atom. The van der Waals surface area contributed by atoms with Gasteiger partial charge >= 0.3 is 0 Å². The summed E-state index contributed by atoms with van der Waals surface area (Å²) in [4.78, 5) is 15.0. The first-order valence-corrected chi connectivity index (χ1v) is 6.47. The number of nitrogens with zero attached hydrogens (tertiary/aromatic N) is 1. The van der Waals surface area contributed by atoms with Gasteiger partial charge in [-0.2, -0.15) is 5.26 Å². The Morgan fingerprint density at radius 2 is 2.19 bits per heavy atom. The van der Waals surface area contributed by atoms with Crippen LogP contribution in [-0.4, -0.2) is 10.8 Å². The molecule has 1 aromatic heterocycles. The number of allylic oxidation sites excluding steroid dienone is 2. The summed E-state index contributed by atoms with van der Waals surface area (Å²) < 4.78 is 5.14. The zero-order valence-corrected chi connectivity index (χ0v) is 11.4. The minimum absolute atomic E-state index is 0.0396. The molecule has 0 aliphatic carbocycles. The molecule has 0 saturated carbocycles. The standard InChI is InChI=1S/C16H13N3O2/c1-9(20)13-8-21-16(18)11(6-17)15(13)12-7-19-14-5-3-2-4-10(12)14/h2-5,7-8,15,19H,18H2,1H3. The minimum atomic E-state index is -0.502. The number of aromatic nitrogens is 1. The number of fused-ring (bicyclic) bond motifs is 1. The topological polar surface area (TPSA) is 91.9 Å². The molecule has 0 fully saturated rings. The number of nitrogens with one attached hydrogen (secondary N) is 1. The molecule has 0 radical (unpaired) electrons. The summed E-state index contributed by atoms with van der Waals surface area (Å²) in [6, 6.07) is 9.78. The van der Waals surface area contributed by atoms with Crippen molar-refractivity contribution in [3.8, 4) is 6.07 Å². The van der Waals surface area contributed by atoms with Crippen LogP contribution in [0, 0.1) is 11.3 Å². The van der Waals surface area contributed by atoms with Crippen molar-refractivity contribution in [2.75, 3.05) is 0 Å². The molecule has 5 heteroatoms. The number of hydrogen-bond acceptors (Lipinski definition) is 4. The molecule has 2 heterocycles. The number of nitrogens with two attached hydrogens (primary N) is 1. The van der Waals surface area contributed by atoms with E-state index in [1.54, 1.807) is 0 Å². The smallest absolute Gasteiger partial charge is 0.204 e. The van der Waals surface area contributed by atoms with Crippen molar-refractivity contribution in [3.05, 3.63) is 59.3 Å². The first-order valence-electron chi connectivity index (χ1n) is 6.47. The van der Waals surface area contributed by atoms with Crippen molar-refractivity contribution in [3.63, 3.8) is 0 Å². The molecule has 5 nitrogen and oxygen atoms in total. The molecule has 0 amide bonds. The van der Waals surface area contributed by atoms with Crippen molar-refractivity contribution < 1.29 is 9.53 Å². The molecule has 0 bridgehead atoms. The van der Waals surface area contributed by atoms with E-state index in [0.717, 1.165) is 16.5 Å². The van der Waals surface area contributed by atoms with Gasteiger partial charge in [0.2, 0.25) is 5.88 Å². The number of rotatable bonds is 2. The molecular formula is C16H13N3O2. The number of para-hydroxylation sites is 1. The van der Waals surface area contributed by atoms with Crippen LogP contribution in [0.15, 0.2) is 53.8 Å². The molecule has 3 rings (SSSR count). The lowest BCUT2D eigenvalue weighted by molar-refractivity contribution is -0.114. The first-order chi connectivity index (χ1) is 10.1. The Hall–Kier alpha value is -3.00. The number of aromatic amines is 1. The predicted molar refractivity (Wildman–Crippen MR) is 77.7 cm³/mol. The van der Waals surface area contributed by atoms with Crippen LogP contribution in [0.4, 0.5) is 0 Å². The molecule has 3 N–H and O–H groups in total. The summed E-state index contributed by atoms with van der Waals surface area (Å²) in [5.41, 5.74) is 8.22. The lowest BCUT2D eigenvalue weighted by Gasteiger charge is -2.23. The number of ketones is 1. The van der Waals surface area contributed by atoms with Crippen molar-refractivity contribution >= 4 is 16.7 Å². The van der Waals surface area contributed by atoms with Gasteiger partial charge in [-0.15, -0.1) is 0 Å². The largest absolute Gasteiger partial charge is 0.448 e. The second kappa shape index (κ2) is 4.84. The first kappa shape index (κ1) is 13.0. The monoisotopic (exact) mass is 279 g/mol. The summed E-state index contributed by atoms with van der Waals surface area (Å²) in [7, 11) is 0. The zero-order valence-electron chi connectivity index (χ0n) is 11.4. The molecule has 1 aliphatic heterocycles. The SMILES string of the molecule is CC(=O)C1=COC(N)=C(C#N)C1c1c[nH]c2ccccc12. The van der Waals surface area contributed by atoms with E-state index in [1.165, 1.54) is 13.2 Å². The van der Waals surface area contributed by atoms with E-state index in [0.29, 0.717) is 5.57 Å². The fourth-order valence-corrected chi connectivity index (χ4v) is 2.62. The van der Waals surface area contributed by atoms with E-state index in [2.05, 4.69) is 11.1 Å². The van der Waals surface area contributed by atoms with E-state index >= 15 is 0 Å². The average molecular weight is 279 g/mol. The maximum absolute atomic E-state index is 11.9. The number of Topliss-reactive ketones (excluding diaryl/α,β-unsaturated/α-hetero) is 1. The molecule has 0 spiro atoms. The lowest BCUT2D eigenvalue weighted by atomic mass is 9.83. The number of nitriles is 1. The Morgan fingerprint density at radius 3 is 2.90 bits per heavy atom. The van der Waals surface area contributed by atoms with E-state index in [9.17, 15) is 10.1 Å². The van der Waals surface area contributed by atoms with Gasteiger partial charge in [-0.05, 0) is 18.6 Å². The van der Waals surface area contributed by atoms with Crippen LogP contribution in [0.25, 0.3) is 10.9 Å². The van der Waals surface area contributed by atoms with Gasteiger partial charge in [-0.3, -0.25) is 4.79 Å². The molecule has 104 valence electrons. The van der Waals surface area contributed by atoms with Crippen LogP contribution in [0.2, 0.25) is 0 Å². The summed E-state index contributed by atoms with van der Waals surface area (Å²) in [5, 5.41) is 10.3. The molecule has 2 aromatic rings. The third-order valence-corrected chi connectivity index (χ3v) is 3.64.